The molecule has 2 rings (SSSR count). The first-order chi connectivity index (χ1) is 8.47. The lowest BCUT2D eigenvalue weighted by molar-refractivity contribution is 0.628. The molecular formula is C12H11Cl2FN2S. The van der Waals surface area contributed by atoms with E-state index in [2.05, 4.69) is 10.3 Å². The average molecular weight is 305 g/mol. The third kappa shape index (κ3) is 2.94. The molecule has 1 unspecified atom stereocenters. The lowest BCUT2D eigenvalue weighted by Gasteiger charge is -2.15. The molecule has 0 aliphatic rings. The molecular weight excluding hydrogens is 294 g/mol. The molecule has 0 saturated heterocycles. The van der Waals surface area contributed by atoms with Gasteiger partial charge in [0.25, 0.3) is 0 Å². The Morgan fingerprint density at radius 3 is 2.44 bits per heavy atom. The fraction of sp³-hybridized carbons (Fsp3) is 0.250. The van der Waals surface area contributed by atoms with Crippen LogP contribution in [0.2, 0.25) is 10.0 Å². The molecule has 1 aromatic carbocycles. The number of anilines is 1. The predicted octanol–water partition coefficient (Wildman–Crippen LogP) is 5.07. The molecule has 0 radical (unpaired) electrons. The summed E-state index contributed by atoms with van der Waals surface area (Å²) in [6, 6.07) is 2.42. The van der Waals surface area contributed by atoms with E-state index in [1.807, 2.05) is 19.2 Å². The van der Waals surface area contributed by atoms with Crippen LogP contribution in [-0.2, 0) is 0 Å². The maximum Gasteiger partial charge on any atom is 0.126 e. The van der Waals surface area contributed by atoms with Crippen LogP contribution in [0.25, 0.3) is 0 Å². The lowest BCUT2D eigenvalue weighted by Crippen LogP contribution is -2.08. The van der Waals surface area contributed by atoms with Crippen molar-refractivity contribution in [1.82, 2.24) is 4.98 Å². The number of aryl methyl sites for hydroxylation is 1. The van der Waals surface area contributed by atoms with E-state index < -0.39 is 5.82 Å². The number of halogens is 3. The molecule has 1 atom stereocenters. The van der Waals surface area contributed by atoms with E-state index in [0.717, 1.165) is 10.7 Å². The Morgan fingerprint density at radius 1 is 1.33 bits per heavy atom. The number of benzene rings is 1. The van der Waals surface area contributed by atoms with Gasteiger partial charge in [0.15, 0.2) is 0 Å². The third-order valence-electron chi connectivity index (χ3n) is 2.45. The second kappa shape index (κ2) is 5.43. The van der Waals surface area contributed by atoms with Crippen LogP contribution in [0.15, 0.2) is 17.5 Å². The Bertz CT molecular complexity index is 548. The fourth-order valence-electron chi connectivity index (χ4n) is 1.55. The first-order valence-corrected chi connectivity index (χ1v) is 6.94. The zero-order valence-corrected chi connectivity index (χ0v) is 12.1. The number of nitrogens with zero attached hydrogens (tertiary/aromatic N) is 1. The van der Waals surface area contributed by atoms with Gasteiger partial charge < -0.3 is 5.32 Å². The molecule has 0 spiro atoms. The highest BCUT2D eigenvalue weighted by Gasteiger charge is 2.14. The van der Waals surface area contributed by atoms with E-state index in [4.69, 9.17) is 23.2 Å². The van der Waals surface area contributed by atoms with Crippen molar-refractivity contribution in [3.63, 3.8) is 0 Å². The SMILES string of the molecule is Cc1nc(C(C)Nc2c(Cl)cc(F)cc2Cl)cs1. The van der Waals surface area contributed by atoms with Crippen molar-refractivity contribution in [2.24, 2.45) is 0 Å². The van der Waals surface area contributed by atoms with Crippen molar-refractivity contribution >= 4 is 40.2 Å². The van der Waals surface area contributed by atoms with Crippen molar-refractivity contribution in [2.45, 2.75) is 19.9 Å². The minimum atomic E-state index is -0.451. The highest BCUT2D eigenvalue weighted by Crippen LogP contribution is 2.34. The van der Waals surface area contributed by atoms with Gasteiger partial charge in [-0.05, 0) is 26.0 Å². The Hall–Kier alpha value is -0.840. The van der Waals surface area contributed by atoms with Crippen LogP contribution in [0, 0.1) is 12.7 Å². The zero-order valence-electron chi connectivity index (χ0n) is 9.80. The van der Waals surface area contributed by atoms with Crippen LogP contribution < -0.4 is 5.32 Å². The van der Waals surface area contributed by atoms with Gasteiger partial charge in [-0.25, -0.2) is 9.37 Å². The molecule has 6 heteroatoms. The molecule has 0 amide bonds. The number of hydrogen-bond acceptors (Lipinski definition) is 3. The second-order valence-corrected chi connectivity index (χ2v) is 5.78. The van der Waals surface area contributed by atoms with Gasteiger partial charge in [0.2, 0.25) is 0 Å². The first kappa shape index (κ1) is 13.6. The van der Waals surface area contributed by atoms with E-state index >= 15 is 0 Å². The molecule has 1 aromatic heterocycles. The predicted molar refractivity (Wildman–Crippen MR) is 75.3 cm³/mol. The standard InChI is InChI=1S/C12H11Cl2FN2S/c1-6(11-5-18-7(2)17-11)16-12-9(13)3-8(15)4-10(12)14/h3-6,16H,1-2H3. The molecule has 0 bridgehead atoms. The quantitative estimate of drug-likeness (QED) is 0.856. The van der Waals surface area contributed by atoms with Gasteiger partial charge in [0.1, 0.15) is 5.82 Å². The molecule has 1 N–H and O–H groups in total. The summed E-state index contributed by atoms with van der Waals surface area (Å²) in [5.74, 6) is -0.451. The van der Waals surface area contributed by atoms with E-state index in [1.54, 1.807) is 11.3 Å². The van der Waals surface area contributed by atoms with E-state index in [9.17, 15) is 4.39 Å². The van der Waals surface area contributed by atoms with E-state index in [1.165, 1.54) is 12.1 Å². The molecule has 2 aromatic rings. The Balaban J connectivity index is 2.24. The Kier molecular flexibility index (Phi) is 4.10. The summed E-state index contributed by atoms with van der Waals surface area (Å²) in [4.78, 5) is 4.38. The van der Waals surface area contributed by atoms with Gasteiger partial charge >= 0.3 is 0 Å². The number of hydrogen-bond donors (Lipinski definition) is 1. The molecule has 2 nitrogen and oxygen atoms in total. The lowest BCUT2D eigenvalue weighted by atomic mass is 10.2. The summed E-state index contributed by atoms with van der Waals surface area (Å²) < 4.78 is 13.1. The maximum absolute atomic E-state index is 13.1. The van der Waals surface area contributed by atoms with Crippen LogP contribution in [0.5, 0.6) is 0 Å². The molecule has 0 aliphatic heterocycles. The normalized spacial score (nSPS) is 12.5. The third-order valence-corrected chi connectivity index (χ3v) is 3.84. The molecule has 0 saturated carbocycles. The summed E-state index contributed by atoms with van der Waals surface area (Å²) >= 11 is 13.5. The van der Waals surface area contributed by atoms with Crippen LogP contribution in [0.3, 0.4) is 0 Å². The van der Waals surface area contributed by atoms with Crippen molar-refractivity contribution < 1.29 is 4.39 Å². The number of thiazole rings is 1. The number of aromatic nitrogens is 1. The average Bonchev–Trinajstić information content (AvgIpc) is 2.70. The second-order valence-electron chi connectivity index (χ2n) is 3.90. The highest BCUT2D eigenvalue weighted by molar-refractivity contribution is 7.09. The highest BCUT2D eigenvalue weighted by atomic mass is 35.5. The van der Waals surface area contributed by atoms with Gasteiger partial charge in [-0.2, -0.15) is 0 Å². The molecule has 0 fully saturated rings. The Morgan fingerprint density at radius 2 is 1.94 bits per heavy atom. The fourth-order valence-corrected chi connectivity index (χ4v) is 2.83. The van der Waals surface area contributed by atoms with Crippen molar-refractivity contribution in [1.29, 1.82) is 0 Å². The summed E-state index contributed by atoms with van der Waals surface area (Å²) in [5, 5.41) is 6.64. The van der Waals surface area contributed by atoms with Crippen molar-refractivity contribution in [3.05, 3.63) is 44.1 Å². The van der Waals surface area contributed by atoms with Crippen LogP contribution >= 0.6 is 34.5 Å². The number of nitrogens with one attached hydrogen (secondary N) is 1. The van der Waals surface area contributed by atoms with Crippen LogP contribution in [-0.4, -0.2) is 4.98 Å². The van der Waals surface area contributed by atoms with E-state index in [0.29, 0.717) is 5.69 Å². The molecule has 0 aliphatic carbocycles. The number of rotatable bonds is 3. The Labute approximate surface area is 119 Å². The minimum absolute atomic E-state index is 0.0459. The molecule has 18 heavy (non-hydrogen) atoms. The topological polar surface area (TPSA) is 24.9 Å². The molecule has 96 valence electrons. The zero-order chi connectivity index (χ0) is 13.3. The van der Waals surface area contributed by atoms with Gasteiger partial charge in [-0.15, -0.1) is 11.3 Å². The monoisotopic (exact) mass is 304 g/mol. The summed E-state index contributed by atoms with van der Waals surface area (Å²) in [7, 11) is 0. The van der Waals surface area contributed by atoms with Crippen LogP contribution in [0.1, 0.15) is 23.7 Å². The minimum Gasteiger partial charge on any atom is -0.374 e. The van der Waals surface area contributed by atoms with Gasteiger partial charge in [-0.3, -0.25) is 0 Å². The van der Waals surface area contributed by atoms with Crippen LogP contribution in [0.4, 0.5) is 10.1 Å². The van der Waals surface area contributed by atoms with Crippen molar-refractivity contribution in [3.8, 4) is 0 Å². The van der Waals surface area contributed by atoms with Gasteiger partial charge in [0, 0.05) is 5.38 Å². The van der Waals surface area contributed by atoms with Gasteiger partial charge in [-0.1, -0.05) is 23.2 Å². The first-order valence-electron chi connectivity index (χ1n) is 5.30. The molecule has 1 heterocycles. The smallest absolute Gasteiger partial charge is 0.126 e. The summed E-state index contributed by atoms with van der Waals surface area (Å²) in [5.41, 5.74) is 1.44. The van der Waals surface area contributed by atoms with E-state index in [-0.39, 0.29) is 16.1 Å². The summed E-state index contributed by atoms with van der Waals surface area (Å²) in [6.45, 7) is 3.89. The maximum atomic E-state index is 13.1. The largest absolute Gasteiger partial charge is 0.374 e. The van der Waals surface area contributed by atoms with Gasteiger partial charge in [0.05, 0.1) is 32.5 Å². The summed E-state index contributed by atoms with van der Waals surface area (Å²) in [6.07, 6.45) is 0. The van der Waals surface area contributed by atoms with Crippen molar-refractivity contribution in [2.75, 3.05) is 5.32 Å².